The lowest BCUT2D eigenvalue weighted by Gasteiger charge is -2.28. The fraction of sp³-hybridized carbons (Fsp3) is 0.550. The summed E-state index contributed by atoms with van der Waals surface area (Å²) in [6, 6.07) is 9.51. The molecule has 3 heterocycles. The largest absolute Gasteiger partial charge is 0.361 e. The normalized spacial score (nSPS) is 26.6. The van der Waals surface area contributed by atoms with Crippen LogP contribution in [0.15, 0.2) is 34.9 Å². The van der Waals surface area contributed by atoms with E-state index in [0.717, 1.165) is 55.9 Å². The first kappa shape index (κ1) is 17.6. The number of hydrazine groups is 1. The van der Waals surface area contributed by atoms with Crippen LogP contribution in [0.3, 0.4) is 0 Å². The van der Waals surface area contributed by atoms with E-state index in [0.29, 0.717) is 12.0 Å². The summed E-state index contributed by atoms with van der Waals surface area (Å²) in [7, 11) is 0. The minimum absolute atomic E-state index is 0.190. The lowest BCUT2D eigenvalue weighted by Crippen LogP contribution is -2.33. The zero-order valence-electron chi connectivity index (χ0n) is 15.2. The first-order valence-corrected chi connectivity index (χ1v) is 9.68. The monoisotopic (exact) mass is 358 g/mol. The molecule has 1 aromatic heterocycles. The zero-order valence-corrected chi connectivity index (χ0v) is 15.2. The van der Waals surface area contributed by atoms with Gasteiger partial charge in [0.2, 0.25) is 0 Å². The Kier molecular flexibility index (Phi) is 5.33. The molecule has 4 rings (SSSR count). The topological polar surface area (TPSA) is 53.3 Å². The molecule has 2 aromatic rings. The van der Waals surface area contributed by atoms with Crippen molar-refractivity contribution < 1.29 is 8.91 Å². The van der Waals surface area contributed by atoms with Crippen LogP contribution in [0.4, 0.5) is 4.39 Å². The van der Waals surface area contributed by atoms with Crippen molar-refractivity contribution in [2.75, 3.05) is 19.6 Å². The van der Waals surface area contributed by atoms with E-state index in [2.05, 4.69) is 33.9 Å². The molecule has 6 heteroatoms. The van der Waals surface area contributed by atoms with Crippen molar-refractivity contribution in [3.63, 3.8) is 0 Å². The van der Waals surface area contributed by atoms with E-state index in [1.165, 1.54) is 18.6 Å². The Balaban J connectivity index is 1.45. The Bertz CT molecular complexity index is 717. The molecular formula is C20H27FN4O. The van der Waals surface area contributed by atoms with Crippen LogP contribution in [0, 0.1) is 11.7 Å². The van der Waals surface area contributed by atoms with Gasteiger partial charge in [0.1, 0.15) is 17.3 Å². The number of halogens is 1. The predicted octanol–water partition coefficient (Wildman–Crippen LogP) is 3.37. The maximum Gasteiger partial charge on any atom is 0.137 e. The summed E-state index contributed by atoms with van der Waals surface area (Å²) >= 11 is 0. The summed E-state index contributed by atoms with van der Waals surface area (Å²) in [4.78, 5) is 2.53. The molecule has 2 N–H and O–H groups in total. The molecule has 0 saturated carbocycles. The SMILES string of the molecule is CCCc1cc(C2CCCN2CC2CNNC2c2ccc(F)cc2)no1. The highest BCUT2D eigenvalue weighted by atomic mass is 19.1. The van der Waals surface area contributed by atoms with E-state index < -0.39 is 0 Å². The minimum atomic E-state index is -0.190. The van der Waals surface area contributed by atoms with Crippen LogP contribution in [0.2, 0.25) is 0 Å². The second-order valence-electron chi connectivity index (χ2n) is 7.44. The van der Waals surface area contributed by atoms with E-state index in [1.807, 2.05) is 12.1 Å². The van der Waals surface area contributed by atoms with Crippen LogP contribution >= 0.6 is 0 Å². The lowest BCUT2D eigenvalue weighted by molar-refractivity contribution is 0.203. The van der Waals surface area contributed by atoms with Crippen LogP contribution in [0.5, 0.6) is 0 Å². The number of aryl methyl sites for hydroxylation is 1. The molecule has 26 heavy (non-hydrogen) atoms. The molecule has 3 unspecified atom stereocenters. The molecule has 2 fully saturated rings. The molecule has 0 aliphatic carbocycles. The van der Waals surface area contributed by atoms with E-state index in [1.54, 1.807) is 0 Å². The number of hydrogen-bond donors (Lipinski definition) is 2. The van der Waals surface area contributed by atoms with Gasteiger partial charge in [-0.15, -0.1) is 0 Å². The van der Waals surface area contributed by atoms with Crippen molar-refractivity contribution in [2.24, 2.45) is 5.92 Å². The Morgan fingerprint density at radius 2 is 2.15 bits per heavy atom. The average Bonchev–Trinajstić information content (AvgIpc) is 3.37. The van der Waals surface area contributed by atoms with Gasteiger partial charge in [0.05, 0.1) is 12.1 Å². The molecule has 2 aliphatic rings. The standard InChI is InChI=1S/C20H27FN4O/c1-2-4-17-11-18(24-26-17)19-5-3-10-25(19)13-15-12-22-23-20(15)14-6-8-16(21)9-7-14/h6-9,11,15,19-20,22-23H,2-5,10,12-13H2,1H3. The molecule has 0 spiro atoms. The van der Waals surface area contributed by atoms with Crippen molar-refractivity contribution in [2.45, 2.75) is 44.7 Å². The fourth-order valence-corrected chi connectivity index (χ4v) is 4.26. The molecule has 0 amide bonds. The summed E-state index contributed by atoms with van der Waals surface area (Å²) in [6.07, 6.45) is 4.34. The summed E-state index contributed by atoms with van der Waals surface area (Å²) in [5.41, 5.74) is 8.84. The molecule has 0 radical (unpaired) electrons. The lowest BCUT2D eigenvalue weighted by atomic mass is 9.94. The number of likely N-dealkylation sites (tertiary alicyclic amines) is 1. The van der Waals surface area contributed by atoms with Gasteiger partial charge in [0, 0.05) is 31.5 Å². The van der Waals surface area contributed by atoms with E-state index in [4.69, 9.17) is 4.52 Å². The number of benzene rings is 1. The van der Waals surface area contributed by atoms with Crippen molar-refractivity contribution in [1.29, 1.82) is 0 Å². The summed E-state index contributed by atoms with van der Waals surface area (Å²) in [5, 5.41) is 4.34. The first-order chi connectivity index (χ1) is 12.7. The molecule has 5 nitrogen and oxygen atoms in total. The Morgan fingerprint density at radius 3 is 2.96 bits per heavy atom. The second-order valence-corrected chi connectivity index (χ2v) is 7.44. The summed E-state index contributed by atoms with van der Waals surface area (Å²) < 4.78 is 18.7. The first-order valence-electron chi connectivity index (χ1n) is 9.68. The maximum absolute atomic E-state index is 13.2. The van der Waals surface area contributed by atoms with Crippen molar-refractivity contribution in [3.05, 3.63) is 53.2 Å². The van der Waals surface area contributed by atoms with Gasteiger partial charge in [-0.25, -0.2) is 9.82 Å². The van der Waals surface area contributed by atoms with Gasteiger partial charge in [-0.2, -0.15) is 0 Å². The minimum Gasteiger partial charge on any atom is -0.361 e. The molecular weight excluding hydrogens is 331 g/mol. The van der Waals surface area contributed by atoms with Gasteiger partial charge < -0.3 is 4.52 Å². The van der Waals surface area contributed by atoms with Crippen LogP contribution in [0.1, 0.15) is 55.3 Å². The van der Waals surface area contributed by atoms with Gasteiger partial charge in [0.25, 0.3) is 0 Å². The van der Waals surface area contributed by atoms with Crippen LogP contribution in [-0.4, -0.2) is 29.7 Å². The molecule has 1 aromatic carbocycles. The maximum atomic E-state index is 13.2. The van der Waals surface area contributed by atoms with Gasteiger partial charge in [-0.05, 0) is 43.5 Å². The fourth-order valence-electron chi connectivity index (χ4n) is 4.26. The zero-order chi connectivity index (χ0) is 17.9. The highest BCUT2D eigenvalue weighted by Crippen LogP contribution is 2.35. The van der Waals surface area contributed by atoms with Crippen LogP contribution in [-0.2, 0) is 6.42 Å². The quantitative estimate of drug-likeness (QED) is 0.829. The third-order valence-corrected chi connectivity index (χ3v) is 5.57. The van der Waals surface area contributed by atoms with Crippen LogP contribution < -0.4 is 10.9 Å². The van der Waals surface area contributed by atoms with Gasteiger partial charge in [-0.3, -0.25) is 10.3 Å². The number of rotatable bonds is 6. The predicted molar refractivity (Wildman–Crippen MR) is 97.8 cm³/mol. The Morgan fingerprint density at radius 1 is 1.31 bits per heavy atom. The second kappa shape index (κ2) is 7.86. The van der Waals surface area contributed by atoms with E-state index in [9.17, 15) is 4.39 Å². The average molecular weight is 358 g/mol. The van der Waals surface area contributed by atoms with Crippen molar-refractivity contribution in [3.8, 4) is 0 Å². The number of nitrogens with zero attached hydrogens (tertiary/aromatic N) is 2. The Labute approximate surface area is 153 Å². The summed E-state index contributed by atoms with van der Waals surface area (Å²) in [6.45, 7) is 5.14. The number of hydrogen-bond acceptors (Lipinski definition) is 5. The molecule has 140 valence electrons. The van der Waals surface area contributed by atoms with E-state index >= 15 is 0 Å². The molecule has 0 bridgehead atoms. The smallest absolute Gasteiger partial charge is 0.137 e. The van der Waals surface area contributed by atoms with Crippen molar-refractivity contribution >= 4 is 0 Å². The van der Waals surface area contributed by atoms with Gasteiger partial charge in [0.15, 0.2) is 0 Å². The van der Waals surface area contributed by atoms with E-state index in [-0.39, 0.29) is 11.9 Å². The Hall–Kier alpha value is -1.76. The number of nitrogens with one attached hydrogen (secondary N) is 2. The third kappa shape index (κ3) is 3.68. The van der Waals surface area contributed by atoms with Gasteiger partial charge >= 0.3 is 0 Å². The van der Waals surface area contributed by atoms with Crippen LogP contribution in [0.25, 0.3) is 0 Å². The highest BCUT2D eigenvalue weighted by Gasteiger charge is 2.35. The third-order valence-electron chi connectivity index (χ3n) is 5.57. The number of aromatic nitrogens is 1. The summed E-state index contributed by atoms with van der Waals surface area (Å²) in [5.74, 6) is 1.23. The molecule has 2 saturated heterocycles. The molecule has 2 aliphatic heterocycles. The molecule has 3 atom stereocenters. The van der Waals surface area contributed by atoms with Crippen molar-refractivity contribution in [1.82, 2.24) is 20.9 Å². The van der Waals surface area contributed by atoms with Gasteiger partial charge in [-0.1, -0.05) is 24.2 Å². The highest BCUT2D eigenvalue weighted by molar-refractivity contribution is 5.22.